The molecule has 3 aliphatic heterocycles. The van der Waals surface area contributed by atoms with Gasteiger partial charge in [-0.3, -0.25) is 4.79 Å². The van der Waals surface area contributed by atoms with E-state index in [0.717, 1.165) is 35.4 Å². The Bertz CT molecular complexity index is 913. The van der Waals surface area contributed by atoms with Crippen molar-refractivity contribution in [3.63, 3.8) is 0 Å². The zero-order chi connectivity index (χ0) is 16.8. The number of pyridine rings is 1. The third kappa shape index (κ3) is 2.61. The molecule has 1 amide bonds. The molecule has 0 saturated carbocycles. The van der Waals surface area contributed by atoms with Crippen LogP contribution in [0, 0.1) is 5.92 Å². The minimum absolute atomic E-state index is 0.0867. The number of rotatable bonds is 3. The number of nitrogens with zero attached hydrogens (tertiary/aromatic N) is 5. The fourth-order valence-electron chi connectivity index (χ4n) is 3.93. The van der Waals surface area contributed by atoms with Crippen LogP contribution in [0.3, 0.4) is 0 Å². The first-order valence-electron chi connectivity index (χ1n) is 8.55. The van der Waals surface area contributed by atoms with E-state index in [1.807, 2.05) is 11.4 Å². The molecule has 3 aromatic rings. The van der Waals surface area contributed by atoms with Crippen LogP contribution in [0.25, 0.3) is 15.8 Å². The summed E-state index contributed by atoms with van der Waals surface area (Å²) in [5.41, 5.74) is 1.39. The molecule has 7 nitrogen and oxygen atoms in total. The second-order valence-electron chi connectivity index (χ2n) is 6.75. The van der Waals surface area contributed by atoms with Crippen LogP contribution in [0.5, 0.6) is 0 Å². The summed E-state index contributed by atoms with van der Waals surface area (Å²) in [6.07, 6.45) is 7.57. The van der Waals surface area contributed by atoms with E-state index in [4.69, 9.17) is 0 Å². The highest BCUT2D eigenvalue weighted by molar-refractivity contribution is 7.17. The van der Waals surface area contributed by atoms with Gasteiger partial charge in [-0.15, -0.1) is 16.4 Å². The number of amides is 1. The lowest BCUT2D eigenvalue weighted by molar-refractivity contribution is 0.0618. The highest BCUT2D eigenvalue weighted by atomic mass is 32.1. The monoisotopic (exact) mass is 354 g/mol. The molecule has 8 heteroatoms. The van der Waals surface area contributed by atoms with Gasteiger partial charge in [-0.25, -0.2) is 9.67 Å². The molecule has 6 rings (SSSR count). The molecule has 0 aromatic carbocycles. The molecule has 6 heterocycles. The normalized spacial score (nSPS) is 25.4. The number of carbonyl (C=O) groups is 1. The minimum Gasteiger partial charge on any atom is -0.346 e. The first kappa shape index (κ1) is 15.0. The van der Waals surface area contributed by atoms with Gasteiger partial charge in [-0.05, 0) is 37.9 Å². The van der Waals surface area contributed by atoms with Crippen molar-refractivity contribution in [2.45, 2.75) is 18.9 Å². The van der Waals surface area contributed by atoms with Gasteiger partial charge in [0, 0.05) is 29.5 Å². The van der Waals surface area contributed by atoms with Crippen LogP contribution in [0.15, 0.2) is 30.0 Å². The Labute approximate surface area is 148 Å². The van der Waals surface area contributed by atoms with E-state index in [9.17, 15) is 4.79 Å². The second kappa shape index (κ2) is 5.89. The number of thiophene rings is 1. The van der Waals surface area contributed by atoms with Crippen LogP contribution >= 0.6 is 11.3 Å². The molecule has 1 atom stereocenters. The highest BCUT2D eigenvalue weighted by Crippen LogP contribution is 2.29. The quantitative estimate of drug-likeness (QED) is 0.775. The lowest BCUT2D eigenvalue weighted by Gasteiger charge is -2.44. The third-order valence-electron chi connectivity index (χ3n) is 5.32. The van der Waals surface area contributed by atoms with E-state index in [0.29, 0.717) is 11.6 Å². The number of hydrogen-bond acceptors (Lipinski definition) is 6. The standard InChI is InChI=1S/C17H18N6OS/c24-17(20-14-9-22-4-1-11(14)2-5-22)13-7-12-15(23-6-3-19-21-23)10-25-16(12)8-18-13/h3,6-8,10-11,14H,1-2,4-5,9H2,(H,20,24)/t14-/m0/s1. The van der Waals surface area contributed by atoms with E-state index in [1.54, 1.807) is 34.6 Å². The van der Waals surface area contributed by atoms with Gasteiger partial charge in [0.1, 0.15) is 5.69 Å². The molecular formula is C17H18N6OS. The van der Waals surface area contributed by atoms with Crippen LogP contribution in [0.1, 0.15) is 23.3 Å². The summed E-state index contributed by atoms with van der Waals surface area (Å²) in [5, 5.41) is 14.1. The molecule has 0 spiro atoms. The van der Waals surface area contributed by atoms with Crippen LogP contribution in [-0.2, 0) is 0 Å². The summed E-state index contributed by atoms with van der Waals surface area (Å²) in [7, 11) is 0. The number of piperidine rings is 3. The van der Waals surface area contributed by atoms with Crippen LogP contribution in [-0.4, -0.2) is 56.5 Å². The summed E-state index contributed by atoms with van der Waals surface area (Å²) >= 11 is 1.59. The van der Waals surface area contributed by atoms with E-state index >= 15 is 0 Å². The SMILES string of the molecule is O=C(N[C@H]1CN2CCC1CC2)c1cc2c(-n3ccnn3)csc2cn1. The molecular weight excluding hydrogens is 336 g/mol. The molecule has 0 aliphatic carbocycles. The van der Waals surface area contributed by atoms with Gasteiger partial charge in [0.25, 0.3) is 5.91 Å². The van der Waals surface area contributed by atoms with Crippen LogP contribution < -0.4 is 5.32 Å². The van der Waals surface area contributed by atoms with Crippen molar-refractivity contribution in [2.75, 3.05) is 19.6 Å². The topological polar surface area (TPSA) is 75.9 Å². The first-order chi connectivity index (χ1) is 12.3. The Morgan fingerprint density at radius 3 is 2.92 bits per heavy atom. The van der Waals surface area contributed by atoms with Gasteiger partial charge in [-0.2, -0.15) is 0 Å². The Morgan fingerprint density at radius 2 is 2.20 bits per heavy atom. The van der Waals surface area contributed by atoms with E-state index in [1.165, 1.54) is 12.8 Å². The summed E-state index contributed by atoms with van der Waals surface area (Å²) in [5.74, 6) is 0.515. The molecule has 3 aliphatic rings. The summed E-state index contributed by atoms with van der Waals surface area (Å²) < 4.78 is 2.75. The maximum absolute atomic E-state index is 12.7. The molecule has 0 unspecified atom stereocenters. The van der Waals surface area contributed by atoms with E-state index < -0.39 is 0 Å². The molecule has 3 saturated heterocycles. The Kier molecular flexibility index (Phi) is 3.53. The minimum atomic E-state index is -0.0867. The maximum Gasteiger partial charge on any atom is 0.270 e. The lowest BCUT2D eigenvalue weighted by atomic mass is 9.84. The van der Waals surface area contributed by atoms with Gasteiger partial charge in [0.15, 0.2) is 0 Å². The van der Waals surface area contributed by atoms with Crippen molar-refractivity contribution in [3.8, 4) is 5.69 Å². The number of carbonyl (C=O) groups excluding carboxylic acids is 1. The number of fused-ring (bicyclic) bond motifs is 4. The fraction of sp³-hybridized carbons (Fsp3) is 0.412. The number of nitrogens with one attached hydrogen (secondary N) is 1. The second-order valence-corrected chi connectivity index (χ2v) is 7.66. The van der Waals surface area contributed by atoms with Gasteiger partial charge >= 0.3 is 0 Å². The van der Waals surface area contributed by atoms with Crippen molar-refractivity contribution < 1.29 is 4.79 Å². The number of hydrogen-bond donors (Lipinski definition) is 1. The third-order valence-corrected chi connectivity index (χ3v) is 6.24. The van der Waals surface area contributed by atoms with Gasteiger partial charge in [0.2, 0.25) is 0 Å². The van der Waals surface area contributed by atoms with E-state index in [2.05, 4.69) is 25.5 Å². The van der Waals surface area contributed by atoms with Crippen molar-refractivity contribution in [1.82, 2.24) is 30.2 Å². The summed E-state index contributed by atoms with van der Waals surface area (Å²) in [4.78, 5) is 19.5. The lowest BCUT2D eigenvalue weighted by Crippen LogP contribution is -2.57. The predicted octanol–water partition coefficient (Wildman–Crippen LogP) is 1.70. The summed E-state index contributed by atoms with van der Waals surface area (Å²) in [6.45, 7) is 3.29. The molecule has 1 N–H and O–H groups in total. The van der Waals surface area contributed by atoms with Crippen molar-refractivity contribution in [2.24, 2.45) is 5.92 Å². The van der Waals surface area contributed by atoms with Crippen LogP contribution in [0.4, 0.5) is 0 Å². The van der Waals surface area contributed by atoms with Gasteiger partial charge in [0.05, 0.1) is 22.8 Å². The Hall–Kier alpha value is -2.32. The zero-order valence-corrected chi connectivity index (χ0v) is 14.4. The van der Waals surface area contributed by atoms with Gasteiger partial charge in [-0.1, -0.05) is 5.21 Å². The first-order valence-corrected chi connectivity index (χ1v) is 9.43. The molecule has 25 heavy (non-hydrogen) atoms. The highest BCUT2D eigenvalue weighted by Gasteiger charge is 2.35. The fourth-order valence-corrected chi connectivity index (χ4v) is 4.81. The molecule has 3 fully saturated rings. The molecule has 0 radical (unpaired) electrons. The Balaban J connectivity index is 1.42. The molecule has 128 valence electrons. The number of aromatic nitrogens is 4. The Morgan fingerprint density at radius 1 is 1.32 bits per heavy atom. The average Bonchev–Trinajstić information content (AvgIpc) is 3.31. The predicted molar refractivity (Wildman–Crippen MR) is 95.0 cm³/mol. The molecule has 2 bridgehead atoms. The molecule has 3 aromatic heterocycles. The van der Waals surface area contributed by atoms with Crippen LogP contribution in [0.2, 0.25) is 0 Å². The van der Waals surface area contributed by atoms with E-state index in [-0.39, 0.29) is 11.9 Å². The van der Waals surface area contributed by atoms with Crippen molar-refractivity contribution in [3.05, 3.63) is 35.7 Å². The summed E-state index contributed by atoms with van der Waals surface area (Å²) in [6, 6.07) is 2.10. The smallest absolute Gasteiger partial charge is 0.270 e. The van der Waals surface area contributed by atoms with Crippen molar-refractivity contribution in [1.29, 1.82) is 0 Å². The largest absolute Gasteiger partial charge is 0.346 e. The van der Waals surface area contributed by atoms with Gasteiger partial charge < -0.3 is 10.2 Å². The van der Waals surface area contributed by atoms with Crippen molar-refractivity contribution >= 4 is 27.3 Å². The zero-order valence-electron chi connectivity index (χ0n) is 13.6. The maximum atomic E-state index is 12.7. The average molecular weight is 354 g/mol.